The molecule has 1 fully saturated rings. The molecule has 0 bridgehead atoms. The van der Waals surface area contributed by atoms with Crippen molar-refractivity contribution in [2.75, 3.05) is 7.11 Å². The lowest BCUT2D eigenvalue weighted by Gasteiger charge is -2.16. The fourth-order valence-corrected chi connectivity index (χ4v) is 3.68. The Morgan fingerprint density at radius 1 is 1.36 bits per heavy atom. The fourth-order valence-electron chi connectivity index (χ4n) is 2.88. The normalized spacial score (nSPS) is 15.9. The van der Waals surface area contributed by atoms with Crippen LogP contribution in [-0.2, 0) is 11.3 Å². The number of aromatic nitrogens is 4. The quantitative estimate of drug-likeness (QED) is 0.762. The number of hydrogen-bond acceptors (Lipinski definition) is 6. The van der Waals surface area contributed by atoms with E-state index in [1.807, 2.05) is 31.2 Å². The molecule has 1 aliphatic carbocycles. The Morgan fingerprint density at radius 2 is 2.08 bits per heavy atom. The SMILES string of the molecule is COc1ccc(Cn2nnnc2S[C@@H](C)C(=O)NC2CCCC2)cc1. The van der Waals surface area contributed by atoms with E-state index in [4.69, 9.17) is 4.74 Å². The number of hydrogen-bond donors (Lipinski definition) is 1. The molecule has 1 N–H and O–H groups in total. The van der Waals surface area contributed by atoms with Gasteiger partial charge in [0, 0.05) is 6.04 Å². The topological polar surface area (TPSA) is 81.9 Å². The zero-order chi connectivity index (χ0) is 17.6. The largest absolute Gasteiger partial charge is 0.497 e. The highest BCUT2D eigenvalue weighted by Gasteiger charge is 2.23. The minimum Gasteiger partial charge on any atom is -0.497 e. The highest BCUT2D eigenvalue weighted by atomic mass is 32.2. The van der Waals surface area contributed by atoms with Crippen LogP contribution in [0.5, 0.6) is 5.75 Å². The number of nitrogens with zero attached hydrogens (tertiary/aromatic N) is 4. The summed E-state index contributed by atoms with van der Waals surface area (Å²) in [5, 5.41) is 15.4. The molecule has 0 spiro atoms. The molecular weight excluding hydrogens is 338 g/mol. The molecule has 25 heavy (non-hydrogen) atoms. The van der Waals surface area contributed by atoms with Crippen LogP contribution in [0, 0.1) is 0 Å². The number of tetrazole rings is 1. The van der Waals surface area contributed by atoms with E-state index in [2.05, 4.69) is 20.8 Å². The standard InChI is InChI=1S/C17H23N5O2S/c1-12(16(23)18-14-5-3-4-6-14)25-17-19-20-21-22(17)11-13-7-9-15(24-2)10-8-13/h7-10,12,14H,3-6,11H2,1-2H3,(H,18,23)/t12-/m0/s1. The van der Waals surface area contributed by atoms with E-state index in [0.717, 1.165) is 24.2 Å². The average Bonchev–Trinajstić information content (AvgIpc) is 3.28. The Kier molecular flexibility index (Phi) is 5.91. The third-order valence-corrected chi connectivity index (χ3v) is 5.41. The molecule has 1 aliphatic rings. The van der Waals surface area contributed by atoms with Gasteiger partial charge in [0.15, 0.2) is 0 Å². The molecule has 7 nitrogen and oxygen atoms in total. The van der Waals surface area contributed by atoms with Gasteiger partial charge in [-0.1, -0.05) is 36.7 Å². The number of rotatable bonds is 7. The predicted molar refractivity (Wildman–Crippen MR) is 95.6 cm³/mol. The first kappa shape index (κ1) is 17.7. The lowest BCUT2D eigenvalue weighted by molar-refractivity contribution is -0.120. The number of amides is 1. The zero-order valence-electron chi connectivity index (χ0n) is 14.5. The van der Waals surface area contributed by atoms with Crippen molar-refractivity contribution in [3.8, 4) is 5.75 Å². The van der Waals surface area contributed by atoms with E-state index < -0.39 is 0 Å². The van der Waals surface area contributed by atoms with Crippen LogP contribution in [-0.4, -0.2) is 44.5 Å². The summed E-state index contributed by atoms with van der Waals surface area (Å²) in [6.45, 7) is 2.44. The summed E-state index contributed by atoms with van der Waals surface area (Å²) in [4.78, 5) is 12.3. The number of nitrogens with one attached hydrogen (secondary N) is 1. The Balaban J connectivity index is 1.59. The third-order valence-electron chi connectivity index (χ3n) is 4.34. The van der Waals surface area contributed by atoms with Gasteiger partial charge in [0.05, 0.1) is 18.9 Å². The molecule has 1 aromatic carbocycles. The monoisotopic (exact) mass is 361 g/mol. The summed E-state index contributed by atoms with van der Waals surface area (Å²) in [5.74, 6) is 0.864. The molecule has 3 rings (SSSR count). The summed E-state index contributed by atoms with van der Waals surface area (Å²) < 4.78 is 6.88. The summed E-state index contributed by atoms with van der Waals surface area (Å²) in [5.41, 5.74) is 1.07. The van der Waals surface area contributed by atoms with Gasteiger partial charge >= 0.3 is 0 Å². The van der Waals surface area contributed by atoms with E-state index >= 15 is 0 Å². The number of carbonyl (C=O) groups is 1. The summed E-state index contributed by atoms with van der Waals surface area (Å²) >= 11 is 1.39. The highest BCUT2D eigenvalue weighted by Crippen LogP contribution is 2.23. The van der Waals surface area contributed by atoms with Crippen LogP contribution >= 0.6 is 11.8 Å². The molecule has 1 heterocycles. The second kappa shape index (κ2) is 8.33. The molecular formula is C17H23N5O2S. The molecule has 0 aliphatic heterocycles. The number of ether oxygens (including phenoxy) is 1. The minimum atomic E-state index is -0.235. The molecule has 1 aromatic heterocycles. The number of benzene rings is 1. The Hall–Kier alpha value is -2.09. The van der Waals surface area contributed by atoms with Gasteiger partial charge in [0.1, 0.15) is 5.75 Å². The highest BCUT2D eigenvalue weighted by molar-refractivity contribution is 8.00. The van der Waals surface area contributed by atoms with Crippen molar-refractivity contribution in [2.45, 2.75) is 55.6 Å². The molecule has 0 unspecified atom stereocenters. The van der Waals surface area contributed by atoms with Gasteiger partial charge in [-0.3, -0.25) is 4.79 Å². The summed E-state index contributed by atoms with van der Waals surface area (Å²) in [6, 6.07) is 8.09. The zero-order valence-corrected chi connectivity index (χ0v) is 15.3. The van der Waals surface area contributed by atoms with Gasteiger partial charge in [0.2, 0.25) is 11.1 Å². The number of methoxy groups -OCH3 is 1. The summed E-state index contributed by atoms with van der Waals surface area (Å²) in [6.07, 6.45) is 4.57. The Bertz CT molecular complexity index is 697. The second-order valence-electron chi connectivity index (χ2n) is 6.22. The second-order valence-corrected chi connectivity index (χ2v) is 7.53. The molecule has 0 saturated heterocycles. The minimum absolute atomic E-state index is 0.0518. The predicted octanol–water partition coefficient (Wildman–Crippen LogP) is 2.27. The van der Waals surface area contributed by atoms with E-state index in [1.165, 1.54) is 24.6 Å². The van der Waals surface area contributed by atoms with Crippen LogP contribution in [0.15, 0.2) is 29.4 Å². The molecule has 2 aromatic rings. The first-order chi connectivity index (χ1) is 12.2. The lowest BCUT2D eigenvalue weighted by Crippen LogP contribution is -2.37. The molecule has 134 valence electrons. The van der Waals surface area contributed by atoms with E-state index in [-0.39, 0.29) is 11.2 Å². The van der Waals surface area contributed by atoms with Gasteiger partial charge in [-0.25, -0.2) is 4.68 Å². The number of thioether (sulfide) groups is 1. The lowest BCUT2D eigenvalue weighted by atomic mass is 10.2. The van der Waals surface area contributed by atoms with Crippen molar-refractivity contribution in [3.63, 3.8) is 0 Å². The van der Waals surface area contributed by atoms with E-state index in [0.29, 0.717) is 17.7 Å². The molecule has 0 radical (unpaired) electrons. The Morgan fingerprint density at radius 3 is 2.76 bits per heavy atom. The van der Waals surface area contributed by atoms with Crippen molar-refractivity contribution in [1.82, 2.24) is 25.5 Å². The summed E-state index contributed by atoms with van der Waals surface area (Å²) in [7, 11) is 1.64. The van der Waals surface area contributed by atoms with Crippen molar-refractivity contribution < 1.29 is 9.53 Å². The van der Waals surface area contributed by atoms with E-state index in [1.54, 1.807) is 11.8 Å². The van der Waals surface area contributed by atoms with Crippen LogP contribution in [0.4, 0.5) is 0 Å². The molecule has 1 atom stereocenters. The van der Waals surface area contributed by atoms with Crippen LogP contribution in [0.1, 0.15) is 38.2 Å². The molecule has 8 heteroatoms. The Labute approximate surface area is 151 Å². The van der Waals surface area contributed by atoms with Gasteiger partial charge in [-0.05, 0) is 47.9 Å². The maximum atomic E-state index is 12.3. The smallest absolute Gasteiger partial charge is 0.233 e. The van der Waals surface area contributed by atoms with Gasteiger partial charge < -0.3 is 10.1 Å². The van der Waals surface area contributed by atoms with Crippen LogP contribution in [0.25, 0.3) is 0 Å². The van der Waals surface area contributed by atoms with Crippen molar-refractivity contribution in [1.29, 1.82) is 0 Å². The molecule has 1 saturated carbocycles. The van der Waals surface area contributed by atoms with Gasteiger partial charge in [-0.15, -0.1) is 5.10 Å². The molecule has 1 amide bonds. The van der Waals surface area contributed by atoms with Gasteiger partial charge in [0.25, 0.3) is 0 Å². The number of carbonyl (C=O) groups excluding carboxylic acids is 1. The maximum Gasteiger partial charge on any atom is 0.233 e. The first-order valence-corrected chi connectivity index (χ1v) is 9.40. The van der Waals surface area contributed by atoms with Crippen LogP contribution < -0.4 is 10.1 Å². The maximum absolute atomic E-state index is 12.3. The van der Waals surface area contributed by atoms with Crippen LogP contribution in [0.2, 0.25) is 0 Å². The van der Waals surface area contributed by atoms with Gasteiger partial charge in [-0.2, -0.15) is 0 Å². The van der Waals surface area contributed by atoms with E-state index in [9.17, 15) is 4.79 Å². The van der Waals surface area contributed by atoms with Crippen molar-refractivity contribution in [2.24, 2.45) is 0 Å². The van der Waals surface area contributed by atoms with Crippen molar-refractivity contribution >= 4 is 17.7 Å². The average molecular weight is 361 g/mol. The van der Waals surface area contributed by atoms with Crippen molar-refractivity contribution in [3.05, 3.63) is 29.8 Å². The fraction of sp³-hybridized carbons (Fsp3) is 0.529. The first-order valence-electron chi connectivity index (χ1n) is 8.52. The van der Waals surface area contributed by atoms with Crippen LogP contribution in [0.3, 0.4) is 0 Å². The third kappa shape index (κ3) is 4.72.